The van der Waals surface area contributed by atoms with E-state index < -0.39 is 0 Å². The van der Waals surface area contributed by atoms with Crippen molar-refractivity contribution in [3.05, 3.63) is 0 Å². The van der Waals surface area contributed by atoms with Gasteiger partial charge in [-0.3, -0.25) is 0 Å². The van der Waals surface area contributed by atoms with Gasteiger partial charge in [-0.25, -0.2) is 0 Å². The van der Waals surface area contributed by atoms with Crippen LogP contribution in [0.2, 0.25) is 0 Å². The minimum absolute atomic E-state index is 0.152. The first-order chi connectivity index (χ1) is 7.13. The number of rotatable bonds is 1. The Morgan fingerprint density at radius 3 is 2.00 bits per heavy atom. The van der Waals surface area contributed by atoms with E-state index in [4.69, 9.17) is 9.47 Å². The van der Waals surface area contributed by atoms with Gasteiger partial charge in [-0.2, -0.15) is 5.26 Å². The van der Waals surface area contributed by atoms with Gasteiger partial charge in [-0.15, -0.1) is 0 Å². The molecule has 0 aromatic rings. The summed E-state index contributed by atoms with van der Waals surface area (Å²) < 4.78 is 11.3. The van der Waals surface area contributed by atoms with Gasteiger partial charge in [0.05, 0.1) is 24.7 Å². The van der Waals surface area contributed by atoms with Crippen molar-refractivity contribution in [2.24, 2.45) is 11.3 Å². The van der Waals surface area contributed by atoms with Gasteiger partial charge in [0.2, 0.25) is 0 Å². The van der Waals surface area contributed by atoms with Gasteiger partial charge in [-0.05, 0) is 18.8 Å². The lowest BCUT2D eigenvalue weighted by Gasteiger charge is -2.41. The van der Waals surface area contributed by atoms with Crippen LogP contribution in [0.3, 0.4) is 0 Å². The van der Waals surface area contributed by atoms with Gasteiger partial charge in [0, 0.05) is 12.8 Å². The van der Waals surface area contributed by atoms with E-state index in [1.165, 1.54) is 0 Å². The van der Waals surface area contributed by atoms with E-state index in [-0.39, 0.29) is 11.2 Å². The molecule has 1 saturated carbocycles. The Morgan fingerprint density at radius 1 is 1.07 bits per heavy atom. The van der Waals surface area contributed by atoms with Gasteiger partial charge in [0.1, 0.15) is 0 Å². The van der Waals surface area contributed by atoms with Crippen molar-refractivity contribution in [2.45, 2.75) is 45.3 Å². The smallest absolute Gasteiger partial charge is 0.168 e. The second kappa shape index (κ2) is 3.77. The molecule has 0 radical (unpaired) electrons. The van der Waals surface area contributed by atoms with Crippen LogP contribution in [-0.4, -0.2) is 19.0 Å². The average molecular weight is 209 g/mol. The Kier molecular flexibility index (Phi) is 2.74. The Labute approximate surface area is 91.4 Å². The minimum atomic E-state index is -0.338. The van der Waals surface area contributed by atoms with Crippen LogP contribution in [-0.2, 0) is 9.47 Å². The normalized spacial score (nSPS) is 28.1. The molecule has 15 heavy (non-hydrogen) atoms. The van der Waals surface area contributed by atoms with Crippen molar-refractivity contribution in [3.8, 4) is 6.07 Å². The molecule has 2 aliphatic rings. The highest BCUT2D eigenvalue weighted by molar-refractivity contribution is 5.05. The molecule has 0 amide bonds. The molecular formula is C12H19NO2. The summed E-state index contributed by atoms with van der Waals surface area (Å²) in [5, 5.41) is 9.31. The van der Waals surface area contributed by atoms with Crippen LogP contribution in [0.25, 0.3) is 0 Å². The fourth-order valence-electron chi connectivity index (χ4n) is 2.68. The zero-order valence-corrected chi connectivity index (χ0v) is 9.58. The summed E-state index contributed by atoms with van der Waals surface area (Å²) in [5.74, 6) is 0.0798. The molecule has 0 aromatic heterocycles. The summed E-state index contributed by atoms with van der Waals surface area (Å²) >= 11 is 0. The summed E-state index contributed by atoms with van der Waals surface area (Å²) in [7, 11) is 0. The summed E-state index contributed by atoms with van der Waals surface area (Å²) in [6, 6.07) is 2.51. The predicted octanol–water partition coefficient (Wildman–Crippen LogP) is 2.47. The lowest BCUT2D eigenvalue weighted by atomic mass is 9.66. The Morgan fingerprint density at radius 2 is 1.60 bits per heavy atom. The largest absolute Gasteiger partial charge is 0.348 e. The van der Waals surface area contributed by atoms with E-state index in [9.17, 15) is 5.26 Å². The van der Waals surface area contributed by atoms with Crippen LogP contribution in [0.15, 0.2) is 0 Å². The molecule has 1 heterocycles. The van der Waals surface area contributed by atoms with Crippen molar-refractivity contribution in [1.82, 2.24) is 0 Å². The highest BCUT2D eigenvalue weighted by atomic mass is 16.7. The van der Waals surface area contributed by atoms with Crippen LogP contribution in [0.1, 0.15) is 39.5 Å². The van der Waals surface area contributed by atoms with Crippen LogP contribution >= 0.6 is 0 Å². The maximum Gasteiger partial charge on any atom is 0.168 e. The molecule has 3 heteroatoms. The van der Waals surface area contributed by atoms with Crippen molar-refractivity contribution in [1.29, 1.82) is 5.26 Å². The predicted molar refractivity (Wildman–Crippen MR) is 56.0 cm³/mol. The first kappa shape index (κ1) is 10.9. The second-order valence-electron chi connectivity index (χ2n) is 5.03. The van der Waals surface area contributed by atoms with Crippen LogP contribution in [0.5, 0.6) is 0 Å². The maximum atomic E-state index is 9.31. The number of nitrogens with zero attached hydrogens (tertiary/aromatic N) is 1. The standard InChI is InChI=1S/C12H19NO2/c1-10(2)11(9-13)3-5-12(6-4-11)14-7-8-15-12/h10H,3-8H2,1-2H3. The summed E-state index contributed by atoms with van der Waals surface area (Å²) in [6.45, 7) is 5.69. The third-order valence-electron chi connectivity index (χ3n) is 4.05. The molecule has 1 aliphatic heterocycles. The molecule has 3 nitrogen and oxygen atoms in total. The Bertz CT molecular complexity index is 264. The molecular weight excluding hydrogens is 190 g/mol. The maximum absolute atomic E-state index is 9.31. The third-order valence-corrected chi connectivity index (χ3v) is 4.05. The molecule has 0 unspecified atom stereocenters. The highest BCUT2D eigenvalue weighted by Gasteiger charge is 2.47. The number of hydrogen-bond acceptors (Lipinski definition) is 3. The lowest BCUT2D eigenvalue weighted by Crippen LogP contribution is -2.41. The first-order valence-electron chi connectivity index (χ1n) is 5.82. The highest BCUT2D eigenvalue weighted by Crippen LogP contribution is 2.48. The molecule has 2 rings (SSSR count). The molecule has 1 aliphatic carbocycles. The van der Waals surface area contributed by atoms with Gasteiger partial charge in [-0.1, -0.05) is 13.8 Å². The lowest BCUT2D eigenvalue weighted by molar-refractivity contribution is -0.190. The van der Waals surface area contributed by atoms with E-state index in [1.807, 2.05) is 0 Å². The molecule has 84 valence electrons. The molecule has 0 N–H and O–H groups in total. The molecule has 0 bridgehead atoms. The minimum Gasteiger partial charge on any atom is -0.348 e. The number of hydrogen-bond donors (Lipinski definition) is 0. The zero-order valence-electron chi connectivity index (χ0n) is 9.58. The van der Waals surface area contributed by atoms with E-state index in [0.717, 1.165) is 25.7 Å². The molecule has 1 spiro atoms. The van der Waals surface area contributed by atoms with Crippen molar-refractivity contribution in [2.75, 3.05) is 13.2 Å². The van der Waals surface area contributed by atoms with Gasteiger partial charge in [0.25, 0.3) is 0 Å². The SMILES string of the molecule is CC(C)C1(C#N)CCC2(CC1)OCCO2. The third kappa shape index (κ3) is 1.77. The molecule has 2 fully saturated rings. The molecule has 0 atom stereocenters. The van der Waals surface area contributed by atoms with Crippen LogP contribution in [0, 0.1) is 22.7 Å². The van der Waals surface area contributed by atoms with E-state index >= 15 is 0 Å². The molecule has 1 saturated heterocycles. The fraction of sp³-hybridized carbons (Fsp3) is 0.917. The van der Waals surface area contributed by atoms with Gasteiger partial charge in [0.15, 0.2) is 5.79 Å². The second-order valence-corrected chi connectivity index (χ2v) is 5.03. The zero-order chi connectivity index (χ0) is 10.9. The first-order valence-corrected chi connectivity index (χ1v) is 5.82. The summed E-state index contributed by atoms with van der Waals surface area (Å²) in [6.07, 6.45) is 3.56. The van der Waals surface area contributed by atoms with Crippen LogP contribution < -0.4 is 0 Å². The Balaban J connectivity index is 2.05. The van der Waals surface area contributed by atoms with Crippen LogP contribution in [0.4, 0.5) is 0 Å². The van der Waals surface area contributed by atoms with Crippen molar-refractivity contribution >= 4 is 0 Å². The number of ether oxygens (including phenoxy) is 2. The van der Waals surface area contributed by atoms with E-state index in [0.29, 0.717) is 19.1 Å². The van der Waals surface area contributed by atoms with Crippen molar-refractivity contribution in [3.63, 3.8) is 0 Å². The van der Waals surface area contributed by atoms with E-state index in [2.05, 4.69) is 19.9 Å². The fourth-order valence-corrected chi connectivity index (χ4v) is 2.68. The van der Waals surface area contributed by atoms with Crippen molar-refractivity contribution < 1.29 is 9.47 Å². The monoisotopic (exact) mass is 209 g/mol. The van der Waals surface area contributed by atoms with E-state index in [1.54, 1.807) is 0 Å². The summed E-state index contributed by atoms with van der Waals surface area (Å²) in [4.78, 5) is 0. The molecule has 0 aromatic carbocycles. The average Bonchev–Trinajstić information content (AvgIpc) is 2.68. The van der Waals surface area contributed by atoms with Gasteiger partial charge < -0.3 is 9.47 Å². The topological polar surface area (TPSA) is 42.2 Å². The summed E-state index contributed by atoms with van der Waals surface area (Å²) in [5.41, 5.74) is -0.152. The van der Waals surface area contributed by atoms with Gasteiger partial charge >= 0.3 is 0 Å². The Hall–Kier alpha value is -0.590. The quantitative estimate of drug-likeness (QED) is 0.666. The number of nitriles is 1.